The summed E-state index contributed by atoms with van der Waals surface area (Å²) in [6, 6.07) is 10.7. The molecule has 0 spiro atoms. The van der Waals surface area contributed by atoms with Crippen molar-refractivity contribution in [3.05, 3.63) is 65.5 Å². The highest BCUT2D eigenvalue weighted by Gasteiger charge is 2.22. The van der Waals surface area contributed by atoms with Gasteiger partial charge in [0.1, 0.15) is 5.82 Å². The molecule has 7 nitrogen and oxygen atoms in total. The van der Waals surface area contributed by atoms with Gasteiger partial charge in [0.05, 0.1) is 10.5 Å². The summed E-state index contributed by atoms with van der Waals surface area (Å²) in [5.74, 6) is -1.65. The summed E-state index contributed by atoms with van der Waals surface area (Å²) in [7, 11) is -2.35. The molecule has 0 radical (unpaired) electrons. The van der Waals surface area contributed by atoms with Crippen LogP contribution in [0.1, 0.15) is 22.8 Å². The lowest BCUT2D eigenvalue weighted by molar-refractivity contribution is -0.139. The first kappa shape index (κ1) is 20.5. The molecule has 0 heterocycles. The minimum atomic E-state index is -3.87. The lowest BCUT2D eigenvalue weighted by Crippen LogP contribution is -2.37. The highest BCUT2D eigenvalue weighted by atomic mass is 32.2. The number of hydrogen-bond donors (Lipinski definition) is 1. The fraction of sp³-hybridized carbons (Fsp3) is 0.222. The van der Waals surface area contributed by atoms with E-state index in [0.29, 0.717) is 5.56 Å². The highest BCUT2D eigenvalue weighted by molar-refractivity contribution is 7.89. The second-order valence-electron chi connectivity index (χ2n) is 5.94. The zero-order chi connectivity index (χ0) is 20.2. The molecule has 144 valence electrons. The Morgan fingerprint density at radius 1 is 1.19 bits per heavy atom. The molecule has 0 aromatic heterocycles. The number of carbonyl (C=O) groups is 2. The number of nitrogens with zero attached hydrogens (tertiary/aromatic N) is 1. The smallest absolute Gasteiger partial charge is 0.338 e. The van der Waals surface area contributed by atoms with Gasteiger partial charge in [0.2, 0.25) is 10.0 Å². The number of amides is 1. The average molecular weight is 394 g/mol. The molecule has 0 aliphatic heterocycles. The van der Waals surface area contributed by atoms with Crippen LogP contribution in [0.5, 0.6) is 0 Å². The van der Waals surface area contributed by atoms with Crippen molar-refractivity contribution < 1.29 is 27.1 Å². The SMILES string of the molecule is CC(OC(=O)c1ccc(S(N)(=O)=O)cc1)C(=O)N(C)Cc1cccc(F)c1. The number of benzene rings is 2. The van der Waals surface area contributed by atoms with Crippen molar-refractivity contribution >= 4 is 21.9 Å². The number of likely N-dealkylation sites (N-methyl/N-ethyl adjacent to an activating group) is 1. The quantitative estimate of drug-likeness (QED) is 0.750. The van der Waals surface area contributed by atoms with Gasteiger partial charge in [-0.1, -0.05) is 12.1 Å². The lowest BCUT2D eigenvalue weighted by Gasteiger charge is -2.21. The molecule has 0 aliphatic rings. The van der Waals surface area contributed by atoms with Gasteiger partial charge in [-0.25, -0.2) is 22.7 Å². The third-order valence-electron chi connectivity index (χ3n) is 3.74. The first-order valence-corrected chi connectivity index (χ1v) is 9.46. The predicted octanol–water partition coefficient (Wildman–Crippen LogP) is 1.68. The third kappa shape index (κ3) is 5.60. The molecule has 1 amide bonds. The number of esters is 1. The van der Waals surface area contributed by atoms with E-state index in [0.717, 1.165) is 0 Å². The van der Waals surface area contributed by atoms with Crippen molar-refractivity contribution in [3.8, 4) is 0 Å². The largest absolute Gasteiger partial charge is 0.449 e. The van der Waals surface area contributed by atoms with Crippen molar-refractivity contribution in [2.75, 3.05) is 7.05 Å². The molecule has 0 fully saturated rings. The van der Waals surface area contributed by atoms with Crippen LogP contribution in [-0.2, 0) is 26.1 Å². The number of nitrogens with two attached hydrogens (primary N) is 1. The van der Waals surface area contributed by atoms with Crippen LogP contribution in [0.2, 0.25) is 0 Å². The fourth-order valence-electron chi connectivity index (χ4n) is 2.36. The molecule has 1 atom stereocenters. The third-order valence-corrected chi connectivity index (χ3v) is 4.66. The molecule has 0 saturated carbocycles. The topological polar surface area (TPSA) is 107 Å². The number of carbonyl (C=O) groups excluding carboxylic acids is 2. The summed E-state index contributed by atoms with van der Waals surface area (Å²) in [5.41, 5.74) is 0.679. The van der Waals surface area contributed by atoms with E-state index in [4.69, 9.17) is 9.88 Å². The van der Waals surface area contributed by atoms with Crippen LogP contribution in [0.4, 0.5) is 4.39 Å². The van der Waals surface area contributed by atoms with Gasteiger partial charge in [0.25, 0.3) is 5.91 Å². The summed E-state index contributed by atoms with van der Waals surface area (Å²) in [5, 5.41) is 4.99. The highest BCUT2D eigenvalue weighted by Crippen LogP contribution is 2.12. The molecule has 1 unspecified atom stereocenters. The maximum Gasteiger partial charge on any atom is 0.338 e. The number of hydrogen-bond acceptors (Lipinski definition) is 5. The van der Waals surface area contributed by atoms with E-state index >= 15 is 0 Å². The summed E-state index contributed by atoms with van der Waals surface area (Å²) in [4.78, 5) is 25.6. The zero-order valence-electron chi connectivity index (χ0n) is 14.8. The van der Waals surface area contributed by atoms with Crippen molar-refractivity contribution in [3.63, 3.8) is 0 Å². The van der Waals surface area contributed by atoms with Crippen molar-refractivity contribution in [2.45, 2.75) is 24.5 Å². The van der Waals surface area contributed by atoms with Crippen molar-refractivity contribution in [2.24, 2.45) is 5.14 Å². The monoisotopic (exact) mass is 394 g/mol. The van der Waals surface area contributed by atoms with Crippen LogP contribution in [0, 0.1) is 5.82 Å². The fourth-order valence-corrected chi connectivity index (χ4v) is 2.87. The summed E-state index contributed by atoms with van der Waals surface area (Å²) >= 11 is 0. The Bertz CT molecular complexity index is 944. The molecule has 0 bridgehead atoms. The molecule has 2 rings (SSSR count). The van der Waals surface area contributed by atoms with Gasteiger partial charge in [-0.15, -0.1) is 0 Å². The molecular weight excluding hydrogens is 375 g/mol. The van der Waals surface area contributed by atoms with Crippen LogP contribution in [-0.4, -0.2) is 38.3 Å². The van der Waals surface area contributed by atoms with Gasteiger partial charge in [-0.3, -0.25) is 4.79 Å². The van der Waals surface area contributed by atoms with E-state index in [2.05, 4.69) is 0 Å². The van der Waals surface area contributed by atoms with Crippen molar-refractivity contribution in [1.82, 2.24) is 4.90 Å². The first-order valence-electron chi connectivity index (χ1n) is 7.91. The molecule has 2 aromatic carbocycles. The van der Waals surface area contributed by atoms with E-state index < -0.39 is 33.8 Å². The zero-order valence-corrected chi connectivity index (χ0v) is 15.6. The van der Waals surface area contributed by atoms with E-state index in [1.807, 2.05) is 0 Å². The van der Waals surface area contributed by atoms with Gasteiger partial charge >= 0.3 is 5.97 Å². The van der Waals surface area contributed by atoms with Crippen LogP contribution in [0.25, 0.3) is 0 Å². The molecule has 0 saturated heterocycles. The maximum absolute atomic E-state index is 13.2. The maximum atomic E-state index is 13.2. The molecule has 27 heavy (non-hydrogen) atoms. The van der Waals surface area contributed by atoms with Gasteiger partial charge < -0.3 is 9.64 Å². The minimum Gasteiger partial charge on any atom is -0.449 e. The van der Waals surface area contributed by atoms with Gasteiger partial charge in [-0.05, 0) is 48.9 Å². The van der Waals surface area contributed by atoms with Crippen molar-refractivity contribution in [1.29, 1.82) is 0 Å². The standard InChI is InChI=1S/C18H19FN2O5S/c1-12(17(22)21(2)11-13-4-3-5-15(19)10-13)26-18(23)14-6-8-16(9-7-14)27(20,24)25/h3-10,12H,11H2,1-2H3,(H2,20,24,25). The molecule has 2 N–H and O–H groups in total. The summed E-state index contributed by atoms with van der Waals surface area (Å²) in [6.07, 6.45) is -1.08. The van der Waals surface area contributed by atoms with E-state index in [9.17, 15) is 22.4 Å². The van der Waals surface area contributed by atoms with Crippen LogP contribution >= 0.6 is 0 Å². The molecule has 0 aliphatic carbocycles. The van der Waals surface area contributed by atoms with Gasteiger partial charge in [-0.2, -0.15) is 0 Å². The van der Waals surface area contributed by atoms with E-state index in [1.54, 1.807) is 6.07 Å². The molecule has 9 heteroatoms. The second kappa shape index (κ2) is 8.28. The van der Waals surface area contributed by atoms with Crippen LogP contribution in [0.15, 0.2) is 53.4 Å². The number of ether oxygens (including phenoxy) is 1. The normalized spacial score (nSPS) is 12.3. The number of halogens is 1. The average Bonchev–Trinajstić information content (AvgIpc) is 2.60. The van der Waals surface area contributed by atoms with Crippen LogP contribution < -0.4 is 5.14 Å². The number of primary sulfonamides is 1. The van der Waals surface area contributed by atoms with Gasteiger partial charge in [0.15, 0.2) is 6.10 Å². The van der Waals surface area contributed by atoms with Crippen LogP contribution in [0.3, 0.4) is 0 Å². The minimum absolute atomic E-state index is 0.0785. The molecule has 2 aromatic rings. The lowest BCUT2D eigenvalue weighted by atomic mass is 10.2. The summed E-state index contributed by atoms with van der Waals surface area (Å²) < 4.78 is 40.8. The van der Waals surface area contributed by atoms with Gasteiger partial charge in [0, 0.05) is 13.6 Å². The Balaban J connectivity index is 1.99. The Kier molecular flexibility index (Phi) is 6.29. The second-order valence-corrected chi connectivity index (χ2v) is 7.50. The molecular formula is C18H19FN2O5S. The number of rotatable bonds is 6. The number of sulfonamides is 1. The summed E-state index contributed by atoms with van der Waals surface area (Å²) in [6.45, 7) is 1.57. The Labute approximate surface area is 156 Å². The predicted molar refractivity (Wildman–Crippen MR) is 95.6 cm³/mol. The Morgan fingerprint density at radius 2 is 1.81 bits per heavy atom. The first-order chi connectivity index (χ1) is 12.6. The van der Waals surface area contributed by atoms with E-state index in [1.165, 1.54) is 61.3 Å². The Hall–Kier alpha value is -2.78. The Morgan fingerprint density at radius 3 is 2.37 bits per heavy atom. The van der Waals surface area contributed by atoms with E-state index in [-0.39, 0.29) is 17.0 Å².